The van der Waals surface area contributed by atoms with Crippen LogP contribution in [0.25, 0.3) is 11.0 Å². The predicted molar refractivity (Wildman–Crippen MR) is 97.5 cm³/mol. The number of phenolic OH excluding ortho intramolecular Hbond substituents is 1. The number of amides is 1. The average Bonchev–Trinajstić information content (AvgIpc) is 2.62. The predicted octanol–water partition coefficient (Wildman–Crippen LogP) is 1.19. The molecule has 1 aromatic carbocycles. The zero-order valence-electron chi connectivity index (χ0n) is 14.9. The number of aromatic hydroxyl groups is 1. The number of morpholine rings is 1. The molecule has 0 spiro atoms. The minimum atomic E-state index is -0.457. The molecular weight excluding hydrogens is 336 g/mol. The number of phenols is 1. The van der Waals surface area contributed by atoms with Crippen LogP contribution in [-0.4, -0.2) is 55.3 Å². The number of nitrogens with one attached hydrogen (secondary N) is 1. The molecule has 26 heavy (non-hydrogen) atoms. The monoisotopic (exact) mass is 360 g/mol. The quantitative estimate of drug-likeness (QED) is 0.752. The van der Waals surface area contributed by atoms with Crippen LogP contribution in [0.4, 0.5) is 0 Å². The first-order valence-corrected chi connectivity index (χ1v) is 8.86. The van der Waals surface area contributed by atoms with Crippen molar-refractivity contribution in [2.45, 2.75) is 19.8 Å². The SMILES string of the molecule is Cc1c(CCC(=O)NCCN2CCOCC2)c(=O)oc2cc(O)ccc12. The molecule has 1 fully saturated rings. The molecule has 2 N–H and O–H groups in total. The molecule has 2 aromatic rings. The fourth-order valence-corrected chi connectivity index (χ4v) is 3.18. The van der Waals surface area contributed by atoms with E-state index in [2.05, 4.69) is 10.2 Å². The van der Waals surface area contributed by atoms with E-state index in [0.717, 1.165) is 43.8 Å². The van der Waals surface area contributed by atoms with Gasteiger partial charge in [-0.05, 0) is 31.0 Å². The Morgan fingerprint density at radius 1 is 1.31 bits per heavy atom. The molecule has 0 bridgehead atoms. The summed E-state index contributed by atoms with van der Waals surface area (Å²) in [6.07, 6.45) is 0.562. The molecular formula is C19H24N2O5. The number of hydrogen-bond acceptors (Lipinski definition) is 6. The number of nitrogens with zero attached hydrogens (tertiary/aromatic N) is 1. The van der Waals surface area contributed by atoms with Crippen LogP contribution in [0.15, 0.2) is 27.4 Å². The lowest BCUT2D eigenvalue weighted by molar-refractivity contribution is -0.121. The molecule has 140 valence electrons. The highest BCUT2D eigenvalue weighted by atomic mass is 16.5. The van der Waals surface area contributed by atoms with E-state index in [1.165, 1.54) is 6.07 Å². The van der Waals surface area contributed by atoms with Gasteiger partial charge in [0, 0.05) is 49.6 Å². The number of carbonyl (C=O) groups is 1. The van der Waals surface area contributed by atoms with E-state index in [-0.39, 0.29) is 18.1 Å². The van der Waals surface area contributed by atoms with E-state index < -0.39 is 5.63 Å². The van der Waals surface area contributed by atoms with Crippen molar-refractivity contribution in [1.29, 1.82) is 0 Å². The molecule has 1 aromatic heterocycles. The summed E-state index contributed by atoms with van der Waals surface area (Å²) in [7, 11) is 0. The van der Waals surface area contributed by atoms with Gasteiger partial charge in [-0.2, -0.15) is 0 Å². The molecule has 0 radical (unpaired) electrons. The highest BCUT2D eigenvalue weighted by molar-refractivity contribution is 5.82. The van der Waals surface area contributed by atoms with Crippen LogP contribution in [0.3, 0.4) is 0 Å². The molecule has 1 amide bonds. The number of aryl methyl sites for hydroxylation is 1. The molecule has 0 unspecified atom stereocenters. The summed E-state index contributed by atoms with van der Waals surface area (Å²) >= 11 is 0. The van der Waals surface area contributed by atoms with Gasteiger partial charge in [0.15, 0.2) is 0 Å². The minimum Gasteiger partial charge on any atom is -0.508 e. The molecule has 1 aliphatic rings. The van der Waals surface area contributed by atoms with E-state index in [9.17, 15) is 14.7 Å². The third kappa shape index (κ3) is 4.42. The Hall–Kier alpha value is -2.38. The fourth-order valence-electron chi connectivity index (χ4n) is 3.18. The Labute approximate surface area is 151 Å². The van der Waals surface area contributed by atoms with E-state index in [0.29, 0.717) is 24.1 Å². The molecule has 1 aliphatic heterocycles. The number of fused-ring (bicyclic) bond motifs is 1. The lowest BCUT2D eigenvalue weighted by atomic mass is 10.0. The Balaban J connectivity index is 1.56. The van der Waals surface area contributed by atoms with E-state index in [4.69, 9.17) is 9.15 Å². The Kier molecular flexibility index (Phi) is 5.90. The third-order valence-electron chi connectivity index (χ3n) is 4.73. The summed E-state index contributed by atoms with van der Waals surface area (Å²) < 4.78 is 10.6. The Morgan fingerprint density at radius 3 is 2.85 bits per heavy atom. The van der Waals surface area contributed by atoms with Crippen LogP contribution in [-0.2, 0) is 16.0 Å². The first-order chi connectivity index (χ1) is 12.5. The van der Waals surface area contributed by atoms with Crippen molar-refractivity contribution < 1.29 is 19.1 Å². The second-order valence-corrected chi connectivity index (χ2v) is 6.48. The minimum absolute atomic E-state index is 0.0486. The van der Waals surface area contributed by atoms with Crippen molar-refractivity contribution in [2.75, 3.05) is 39.4 Å². The zero-order chi connectivity index (χ0) is 18.5. The van der Waals surface area contributed by atoms with Crippen LogP contribution in [0, 0.1) is 6.92 Å². The summed E-state index contributed by atoms with van der Waals surface area (Å²) in [5, 5.41) is 13.2. The Bertz CT molecular complexity index is 840. The Morgan fingerprint density at radius 2 is 2.08 bits per heavy atom. The smallest absolute Gasteiger partial charge is 0.339 e. The van der Waals surface area contributed by atoms with Crippen LogP contribution < -0.4 is 10.9 Å². The summed E-state index contributed by atoms with van der Waals surface area (Å²) in [6.45, 7) is 6.48. The van der Waals surface area contributed by atoms with Gasteiger partial charge in [0.1, 0.15) is 11.3 Å². The topological polar surface area (TPSA) is 92.0 Å². The molecule has 0 saturated carbocycles. The van der Waals surface area contributed by atoms with Crippen molar-refractivity contribution in [1.82, 2.24) is 10.2 Å². The largest absolute Gasteiger partial charge is 0.508 e. The lowest BCUT2D eigenvalue weighted by Crippen LogP contribution is -2.41. The van der Waals surface area contributed by atoms with Crippen molar-refractivity contribution in [3.05, 3.63) is 39.7 Å². The lowest BCUT2D eigenvalue weighted by Gasteiger charge is -2.26. The highest BCUT2D eigenvalue weighted by Gasteiger charge is 2.14. The van der Waals surface area contributed by atoms with Gasteiger partial charge < -0.3 is 19.6 Å². The fraction of sp³-hybridized carbons (Fsp3) is 0.474. The zero-order valence-corrected chi connectivity index (χ0v) is 14.9. The molecule has 0 atom stereocenters. The third-order valence-corrected chi connectivity index (χ3v) is 4.73. The molecule has 0 aliphatic carbocycles. The molecule has 2 heterocycles. The van der Waals surface area contributed by atoms with Crippen molar-refractivity contribution >= 4 is 16.9 Å². The number of benzene rings is 1. The molecule has 3 rings (SSSR count). The summed E-state index contributed by atoms with van der Waals surface area (Å²) in [5.74, 6) is -0.0321. The van der Waals surface area contributed by atoms with Crippen LogP contribution in [0.1, 0.15) is 17.5 Å². The van der Waals surface area contributed by atoms with Gasteiger partial charge in [-0.3, -0.25) is 9.69 Å². The maximum absolute atomic E-state index is 12.2. The highest BCUT2D eigenvalue weighted by Crippen LogP contribution is 2.23. The van der Waals surface area contributed by atoms with Crippen molar-refractivity contribution in [2.24, 2.45) is 0 Å². The van der Waals surface area contributed by atoms with E-state index >= 15 is 0 Å². The van der Waals surface area contributed by atoms with Crippen molar-refractivity contribution in [3.63, 3.8) is 0 Å². The van der Waals surface area contributed by atoms with Gasteiger partial charge in [0.05, 0.1) is 13.2 Å². The number of hydrogen-bond donors (Lipinski definition) is 2. The molecule has 7 nitrogen and oxygen atoms in total. The van der Waals surface area contributed by atoms with Gasteiger partial charge in [0.2, 0.25) is 5.91 Å². The number of rotatable bonds is 6. The number of carbonyl (C=O) groups excluding carboxylic acids is 1. The maximum atomic E-state index is 12.2. The number of ether oxygens (including phenoxy) is 1. The molecule has 1 saturated heterocycles. The second-order valence-electron chi connectivity index (χ2n) is 6.48. The van der Waals surface area contributed by atoms with E-state index in [1.54, 1.807) is 12.1 Å². The van der Waals surface area contributed by atoms with Crippen LogP contribution in [0.5, 0.6) is 5.75 Å². The van der Waals surface area contributed by atoms with Gasteiger partial charge in [-0.15, -0.1) is 0 Å². The summed E-state index contributed by atoms with van der Waals surface area (Å²) in [6, 6.07) is 4.69. The van der Waals surface area contributed by atoms with Crippen molar-refractivity contribution in [3.8, 4) is 5.75 Å². The van der Waals surface area contributed by atoms with E-state index in [1.807, 2.05) is 6.92 Å². The van der Waals surface area contributed by atoms with Gasteiger partial charge in [0.25, 0.3) is 0 Å². The van der Waals surface area contributed by atoms with Crippen LogP contribution in [0.2, 0.25) is 0 Å². The summed E-state index contributed by atoms with van der Waals surface area (Å²) in [4.78, 5) is 26.5. The average molecular weight is 360 g/mol. The van der Waals surface area contributed by atoms with Gasteiger partial charge in [-0.25, -0.2) is 4.79 Å². The first kappa shape index (κ1) is 18.4. The van der Waals surface area contributed by atoms with Gasteiger partial charge in [-0.1, -0.05) is 0 Å². The maximum Gasteiger partial charge on any atom is 0.339 e. The van der Waals surface area contributed by atoms with Gasteiger partial charge >= 0.3 is 5.63 Å². The summed E-state index contributed by atoms with van der Waals surface area (Å²) in [5.41, 5.74) is 1.19. The first-order valence-electron chi connectivity index (χ1n) is 8.86. The standard InChI is InChI=1S/C19H24N2O5/c1-13-15-3-2-14(22)12-17(15)26-19(24)16(13)4-5-18(23)20-6-7-21-8-10-25-11-9-21/h2-3,12,22H,4-11H2,1H3,(H,20,23). The normalized spacial score (nSPS) is 15.3. The second kappa shape index (κ2) is 8.33. The molecule has 7 heteroatoms. The van der Waals surface area contributed by atoms with Crippen LogP contribution >= 0.6 is 0 Å².